The molecule has 2 atom stereocenters. The topological polar surface area (TPSA) is 24.1 Å². The molecule has 0 aromatic heterocycles. The van der Waals surface area contributed by atoms with Crippen molar-refractivity contribution in [3.05, 3.63) is 71.8 Å². The molecule has 2 unspecified atom stereocenters. The third-order valence-electron chi connectivity index (χ3n) is 6.52. The average molecular weight is 455 g/mol. The SMILES string of the molecule is CCC(CNCCC(C1=CC=CCC=C1)c1ccccc1)NCC1CCCCC1.CSC. The van der Waals surface area contributed by atoms with Crippen LogP contribution < -0.4 is 10.6 Å². The van der Waals surface area contributed by atoms with E-state index in [1.165, 1.54) is 56.2 Å². The minimum Gasteiger partial charge on any atom is -0.315 e. The Hall–Kier alpha value is -1.29. The Bertz CT molecular complexity index is 674. The predicted octanol–water partition coefficient (Wildman–Crippen LogP) is 7.12. The molecule has 0 amide bonds. The Labute approximate surface area is 202 Å². The fraction of sp³-hybridized carbons (Fsp3) is 0.586. The van der Waals surface area contributed by atoms with Crippen LogP contribution in [0.15, 0.2) is 66.3 Å². The van der Waals surface area contributed by atoms with Gasteiger partial charge in [-0.15, -0.1) is 0 Å². The number of rotatable bonds is 11. The molecule has 0 saturated heterocycles. The molecule has 2 aliphatic rings. The van der Waals surface area contributed by atoms with Crippen LogP contribution in [0.5, 0.6) is 0 Å². The highest BCUT2D eigenvalue weighted by Gasteiger charge is 2.17. The van der Waals surface area contributed by atoms with Crippen molar-refractivity contribution < 1.29 is 0 Å². The first kappa shape index (κ1) is 27.0. The predicted molar refractivity (Wildman–Crippen MR) is 146 cm³/mol. The summed E-state index contributed by atoms with van der Waals surface area (Å²) in [4.78, 5) is 0. The summed E-state index contributed by atoms with van der Waals surface area (Å²) in [5.41, 5.74) is 2.84. The number of hydrogen-bond donors (Lipinski definition) is 2. The molecule has 1 fully saturated rings. The van der Waals surface area contributed by atoms with Crippen LogP contribution in [0.3, 0.4) is 0 Å². The maximum Gasteiger partial charge on any atom is 0.0189 e. The van der Waals surface area contributed by atoms with Crippen molar-refractivity contribution in [2.75, 3.05) is 32.1 Å². The van der Waals surface area contributed by atoms with Gasteiger partial charge in [0, 0.05) is 18.5 Å². The molecule has 3 rings (SSSR count). The Morgan fingerprint density at radius 2 is 1.78 bits per heavy atom. The van der Waals surface area contributed by atoms with Gasteiger partial charge >= 0.3 is 0 Å². The van der Waals surface area contributed by atoms with Crippen LogP contribution in [0.4, 0.5) is 0 Å². The summed E-state index contributed by atoms with van der Waals surface area (Å²) in [6, 6.07) is 11.6. The third kappa shape index (κ3) is 10.6. The lowest BCUT2D eigenvalue weighted by Crippen LogP contribution is -2.41. The van der Waals surface area contributed by atoms with Crippen molar-refractivity contribution in [2.45, 2.75) is 70.3 Å². The maximum absolute atomic E-state index is 3.84. The molecule has 0 heterocycles. The van der Waals surface area contributed by atoms with Gasteiger partial charge in [-0.1, -0.05) is 86.9 Å². The van der Waals surface area contributed by atoms with E-state index in [-0.39, 0.29) is 0 Å². The summed E-state index contributed by atoms with van der Waals surface area (Å²) in [6.45, 7) is 5.63. The van der Waals surface area contributed by atoms with Crippen molar-refractivity contribution in [1.82, 2.24) is 10.6 Å². The van der Waals surface area contributed by atoms with Crippen molar-refractivity contribution in [3.63, 3.8) is 0 Å². The molecule has 32 heavy (non-hydrogen) atoms. The van der Waals surface area contributed by atoms with E-state index in [1.807, 2.05) is 12.5 Å². The highest BCUT2D eigenvalue weighted by Crippen LogP contribution is 2.29. The molecule has 2 N–H and O–H groups in total. The summed E-state index contributed by atoms with van der Waals surface area (Å²) in [5.74, 6) is 1.36. The first-order valence-corrected chi connectivity index (χ1v) is 14.3. The molecule has 0 aliphatic heterocycles. The van der Waals surface area contributed by atoms with Gasteiger partial charge < -0.3 is 10.6 Å². The Morgan fingerprint density at radius 3 is 2.50 bits per heavy atom. The smallest absolute Gasteiger partial charge is 0.0189 e. The number of allylic oxidation sites excluding steroid dienone is 6. The van der Waals surface area contributed by atoms with Crippen LogP contribution in [0.1, 0.15) is 69.8 Å². The summed E-state index contributed by atoms with van der Waals surface area (Å²) in [5, 5.41) is 7.58. The Kier molecular flexibility index (Phi) is 14.5. The zero-order valence-corrected chi connectivity index (χ0v) is 21.5. The van der Waals surface area contributed by atoms with E-state index in [0.29, 0.717) is 12.0 Å². The lowest BCUT2D eigenvalue weighted by Gasteiger charge is -2.25. The minimum absolute atomic E-state index is 0.456. The molecule has 3 heteroatoms. The summed E-state index contributed by atoms with van der Waals surface area (Å²) in [6.07, 6.45) is 25.9. The van der Waals surface area contributed by atoms with Crippen LogP contribution >= 0.6 is 11.8 Å². The molecule has 1 aromatic carbocycles. The van der Waals surface area contributed by atoms with Gasteiger partial charge in [0.15, 0.2) is 0 Å². The monoisotopic (exact) mass is 454 g/mol. The van der Waals surface area contributed by atoms with E-state index < -0.39 is 0 Å². The maximum atomic E-state index is 3.84. The fourth-order valence-corrected chi connectivity index (χ4v) is 4.65. The molecule has 0 bridgehead atoms. The summed E-state index contributed by atoms with van der Waals surface area (Å²) < 4.78 is 0. The number of nitrogens with one attached hydrogen (secondary N) is 2. The second-order valence-electron chi connectivity index (χ2n) is 9.11. The molecule has 1 saturated carbocycles. The van der Waals surface area contributed by atoms with E-state index in [2.05, 4.69) is 78.3 Å². The first-order valence-electron chi connectivity index (χ1n) is 12.7. The Morgan fingerprint density at radius 1 is 1.03 bits per heavy atom. The van der Waals surface area contributed by atoms with E-state index >= 15 is 0 Å². The molecule has 0 spiro atoms. The van der Waals surface area contributed by atoms with E-state index in [4.69, 9.17) is 0 Å². The molecule has 2 nitrogen and oxygen atoms in total. The second-order valence-corrected chi connectivity index (χ2v) is 9.93. The Balaban J connectivity index is 0.00000114. The van der Waals surface area contributed by atoms with Gasteiger partial charge in [-0.25, -0.2) is 0 Å². The normalized spacial score (nSPS) is 18.3. The minimum atomic E-state index is 0.456. The van der Waals surface area contributed by atoms with Gasteiger partial charge in [-0.05, 0) is 74.8 Å². The van der Waals surface area contributed by atoms with Crippen LogP contribution in [0.2, 0.25) is 0 Å². The van der Waals surface area contributed by atoms with Gasteiger partial charge in [-0.2, -0.15) is 11.8 Å². The van der Waals surface area contributed by atoms with Crippen LogP contribution in [0, 0.1) is 5.92 Å². The lowest BCUT2D eigenvalue weighted by molar-refractivity contribution is 0.321. The quantitative estimate of drug-likeness (QED) is 0.348. The molecule has 1 aromatic rings. The first-order chi connectivity index (χ1) is 15.8. The molecule has 0 radical (unpaired) electrons. The highest BCUT2D eigenvalue weighted by molar-refractivity contribution is 7.97. The van der Waals surface area contributed by atoms with Crippen molar-refractivity contribution in [1.29, 1.82) is 0 Å². The lowest BCUT2D eigenvalue weighted by atomic mass is 9.87. The van der Waals surface area contributed by atoms with Gasteiger partial charge in [0.1, 0.15) is 0 Å². The van der Waals surface area contributed by atoms with Crippen molar-refractivity contribution in [3.8, 4) is 0 Å². The van der Waals surface area contributed by atoms with Crippen molar-refractivity contribution in [2.24, 2.45) is 5.92 Å². The highest BCUT2D eigenvalue weighted by atomic mass is 32.2. The van der Waals surface area contributed by atoms with E-state index in [1.54, 1.807) is 11.8 Å². The molecule has 2 aliphatic carbocycles. The second kappa shape index (κ2) is 17.2. The number of hydrogen-bond acceptors (Lipinski definition) is 3. The van der Waals surface area contributed by atoms with Crippen LogP contribution in [-0.4, -0.2) is 38.2 Å². The van der Waals surface area contributed by atoms with E-state index in [0.717, 1.165) is 31.8 Å². The average Bonchev–Trinajstić information content (AvgIpc) is 3.12. The summed E-state index contributed by atoms with van der Waals surface area (Å²) >= 11 is 1.75. The van der Waals surface area contributed by atoms with Crippen LogP contribution in [-0.2, 0) is 0 Å². The third-order valence-corrected chi connectivity index (χ3v) is 6.52. The van der Waals surface area contributed by atoms with E-state index in [9.17, 15) is 0 Å². The zero-order chi connectivity index (χ0) is 22.9. The largest absolute Gasteiger partial charge is 0.315 e. The molecular weight excluding hydrogens is 408 g/mol. The fourth-order valence-electron chi connectivity index (χ4n) is 4.65. The van der Waals surface area contributed by atoms with Crippen LogP contribution in [0.25, 0.3) is 0 Å². The van der Waals surface area contributed by atoms with Gasteiger partial charge in [0.2, 0.25) is 0 Å². The van der Waals surface area contributed by atoms with Gasteiger partial charge in [-0.3, -0.25) is 0 Å². The standard InChI is InChI=1S/C27H40N2.C2H6S/c1-2-26(29-21-23-13-7-5-8-14-23)22-28-20-19-27(25-17-11-6-12-18-25)24-15-9-3-4-10-16-24;1-3-2/h3,6,9-12,15-18,23,26-29H,2,4-5,7-8,13-14,19-22H2,1H3;1-2H3. The molecular formula is C29H46N2S. The van der Waals surface area contributed by atoms with Gasteiger partial charge in [0.25, 0.3) is 0 Å². The van der Waals surface area contributed by atoms with Crippen molar-refractivity contribution >= 4 is 11.8 Å². The zero-order valence-electron chi connectivity index (χ0n) is 20.7. The molecule has 178 valence electrons. The summed E-state index contributed by atoms with van der Waals surface area (Å²) in [7, 11) is 0. The number of thioether (sulfide) groups is 1. The van der Waals surface area contributed by atoms with Gasteiger partial charge in [0.05, 0.1) is 0 Å². The number of benzene rings is 1.